The molecule has 3 heteroatoms. The first-order valence-corrected chi connectivity index (χ1v) is 4.50. The van der Waals surface area contributed by atoms with E-state index in [2.05, 4.69) is 0 Å². The molecular formula is C11H17NO2. The van der Waals surface area contributed by atoms with E-state index in [-0.39, 0.29) is 0 Å². The minimum atomic E-state index is -0.405. The molecule has 0 aliphatic carbocycles. The van der Waals surface area contributed by atoms with Gasteiger partial charge in [-0.1, -0.05) is 0 Å². The third kappa shape index (κ3) is 2.17. The standard InChI is InChI=1S/C11H17NO2/c1-11(2,12)9-6-5-8(13-3)7-10(9)14-4/h5-7H,12H2,1-4H3. The van der Waals surface area contributed by atoms with E-state index in [1.807, 2.05) is 32.0 Å². The zero-order chi connectivity index (χ0) is 10.8. The Morgan fingerprint density at radius 1 is 1.14 bits per heavy atom. The number of methoxy groups -OCH3 is 2. The van der Waals surface area contributed by atoms with Gasteiger partial charge in [-0.15, -0.1) is 0 Å². The fourth-order valence-electron chi connectivity index (χ4n) is 1.33. The third-order valence-corrected chi connectivity index (χ3v) is 2.10. The van der Waals surface area contributed by atoms with Crippen LogP contribution in [0.3, 0.4) is 0 Å². The summed E-state index contributed by atoms with van der Waals surface area (Å²) in [6, 6.07) is 5.65. The lowest BCUT2D eigenvalue weighted by Gasteiger charge is -2.22. The molecule has 0 aliphatic heterocycles. The molecule has 0 radical (unpaired) electrons. The largest absolute Gasteiger partial charge is 0.497 e. The molecule has 0 spiro atoms. The quantitative estimate of drug-likeness (QED) is 0.801. The van der Waals surface area contributed by atoms with Crippen LogP contribution >= 0.6 is 0 Å². The maximum atomic E-state index is 6.00. The summed E-state index contributed by atoms with van der Waals surface area (Å²) in [6.45, 7) is 3.88. The van der Waals surface area contributed by atoms with Gasteiger partial charge in [-0.05, 0) is 26.0 Å². The SMILES string of the molecule is COc1ccc(C(C)(C)N)c(OC)c1. The van der Waals surface area contributed by atoms with Crippen molar-refractivity contribution in [1.82, 2.24) is 0 Å². The van der Waals surface area contributed by atoms with E-state index in [4.69, 9.17) is 15.2 Å². The van der Waals surface area contributed by atoms with E-state index in [1.165, 1.54) is 0 Å². The molecule has 0 unspecified atom stereocenters. The van der Waals surface area contributed by atoms with Crippen LogP contribution in [0.15, 0.2) is 18.2 Å². The molecule has 1 aromatic rings. The summed E-state index contributed by atoms with van der Waals surface area (Å²) in [7, 11) is 3.26. The first-order chi connectivity index (χ1) is 6.49. The highest BCUT2D eigenvalue weighted by Crippen LogP contribution is 2.31. The highest BCUT2D eigenvalue weighted by molar-refractivity contribution is 5.43. The molecule has 14 heavy (non-hydrogen) atoms. The highest BCUT2D eigenvalue weighted by atomic mass is 16.5. The molecule has 3 nitrogen and oxygen atoms in total. The van der Waals surface area contributed by atoms with E-state index in [0.717, 1.165) is 17.1 Å². The summed E-state index contributed by atoms with van der Waals surface area (Å²) in [6.07, 6.45) is 0. The fourth-order valence-corrected chi connectivity index (χ4v) is 1.33. The Balaban J connectivity index is 3.18. The lowest BCUT2D eigenvalue weighted by atomic mass is 9.94. The van der Waals surface area contributed by atoms with Crippen molar-refractivity contribution in [2.45, 2.75) is 19.4 Å². The summed E-state index contributed by atoms with van der Waals surface area (Å²) in [5.41, 5.74) is 6.57. The topological polar surface area (TPSA) is 44.5 Å². The van der Waals surface area contributed by atoms with Gasteiger partial charge in [0.1, 0.15) is 11.5 Å². The summed E-state index contributed by atoms with van der Waals surface area (Å²) >= 11 is 0. The lowest BCUT2D eigenvalue weighted by Crippen LogP contribution is -2.29. The van der Waals surface area contributed by atoms with Gasteiger partial charge in [-0.3, -0.25) is 0 Å². The predicted octanol–water partition coefficient (Wildman–Crippen LogP) is 1.90. The Kier molecular flexibility index (Phi) is 3.01. The number of hydrogen-bond donors (Lipinski definition) is 1. The maximum absolute atomic E-state index is 6.00. The molecule has 0 fully saturated rings. The molecule has 0 saturated carbocycles. The van der Waals surface area contributed by atoms with E-state index in [9.17, 15) is 0 Å². The van der Waals surface area contributed by atoms with Crippen molar-refractivity contribution < 1.29 is 9.47 Å². The Morgan fingerprint density at radius 3 is 2.21 bits per heavy atom. The van der Waals surface area contributed by atoms with Gasteiger partial charge >= 0.3 is 0 Å². The second kappa shape index (κ2) is 3.88. The van der Waals surface area contributed by atoms with Crippen LogP contribution in [-0.4, -0.2) is 14.2 Å². The average Bonchev–Trinajstić information content (AvgIpc) is 2.15. The van der Waals surface area contributed by atoms with Crippen molar-refractivity contribution in [1.29, 1.82) is 0 Å². The van der Waals surface area contributed by atoms with Gasteiger partial charge in [0.25, 0.3) is 0 Å². The number of nitrogens with two attached hydrogens (primary N) is 1. The Bertz CT molecular complexity index is 316. The second-order valence-electron chi connectivity index (χ2n) is 3.79. The Morgan fingerprint density at radius 2 is 1.79 bits per heavy atom. The molecule has 2 N–H and O–H groups in total. The normalized spacial score (nSPS) is 11.2. The van der Waals surface area contributed by atoms with E-state index < -0.39 is 5.54 Å². The van der Waals surface area contributed by atoms with Gasteiger partial charge in [-0.2, -0.15) is 0 Å². The minimum Gasteiger partial charge on any atom is -0.497 e. The van der Waals surface area contributed by atoms with Crippen LogP contribution < -0.4 is 15.2 Å². The van der Waals surface area contributed by atoms with Crippen molar-refractivity contribution in [3.63, 3.8) is 0 Å². The molecule has 78 valence electrons. The van der Waals surface area contributed by atoms with Crippen molar-refractivity contribution >= 4 is 0 Å². The van der Waals surface area contributed by atoms with E-state index >= 15 is 0 Å². The first kappa shape index (κ1) is 10.9. The average molecular weight is 195 g/mol. The number of benzene rings is 1. The Hall–Kier alpha value is -1.22. The molecular weight excluding hydrogens is 178 g/mol. The van der Waals surface area contributed by atoms with Crippen molar-refractivity contribution in [2.75, 3.05) is 14.2 Å². The van der Waals surface area contributed by atoms with Gasteiger partial charge in [0, 0.05) is 17.2 Å². The van der Waals surface area contributed by atoms with Crippen LogP contribution in [0.1, 0.15) is 19.4 Å². The molecule has 0 aromatic heterocycles. The molecule has 0 heterocycles. The van der Waals surface area contributed by atoms with Crippen LogP contribution in [0, 0.1) is 0 Å². The molecule has 0 amide bonds. The summed E-state index contributed by atoms with van der Waals surface area (Å²) in [5.74, 6) is 1.53. The van der Waals surface area contributed by atoms with Gasteiger partial charge in [-0.25, -0.2) is 0 Å². The van der Waals surface area contributed by atoms with Gasteiger partial charge in [0.2, 0.25) is 0 Å². The molecule has 1 aromatic carbocycles. The zero-order valence-electron chi connectivity index (χ0n) is 9.13. The summed E-state index contributed by atoms with van der Waals surface area (Å²) < 4.78 is 10.4. The predicted molar refractivity (Wildman–Crippen MR) is 56.8 cm³/mol. The van der Waals surface area contributed by atoms with Crippen LogP contribution in [0.2, 0.25) is 0 Å². The van der Waals surface area contributed by atoms with E-state index in [0.29, 0.717) is 0 Å². The Labute approximate surface area is 84.8 Å². The highest BCUT2D eigenvalue weighted by Gasteiger charge is 2.19. The molecule has 0 saturated heterocycles. The summed E-state index contributed by atoms with van der Waals surface area (Å²) in [5, 5.41) is 0. The molecule has 0 aliphatic rings. The van der Waals surface area contributed by atoms with Crippen LogP contribution in [-0.2, 0) is 5.54 Å². The van der Waals surface area contributed by atoms with Gasteiger partial charge in [0.05, 0.1) is 14.2 Å². The van der Waals surface area contributed by atoms with Crippen LogP contribution in [0.25, 0.3) is 0 Å². The minimum absolute atomic E-state index is 0.405. The lowest BCUT2D eigenvalue weighted by molar-refractivity contribution is 0.381. The van der Waals surface area contributed by atoms with Crippen molar-refractivity contribution in [3.05, 3.63) is 23.8 Å². The number of ether oxygens (including phenoxy) is 2. The van der Waals surface area contributed by atoms with Crippen LogP contribution in [0.4, 0.5) is 0 Å². The number of rotatable bonds is 3. The van der Waals surface area contributed by atoms with E-state index in [1.54, 1.807) is 14.2 Å². The van der Waals surface area contributed by atoms with Gasteiger partial charge in [0.15, 0.2) is 0 Å². The van der Waals surface area contributed by atoms with Crippen molar-refractivity contribution in [3.8, 4) is 11.5 Å². The smallest absolute Gasteiger partial charge is 0.127 e. The summed E-state index contributed by atoms with van der Waals surface area (Å²) in [4.78, 5) is 0. The molecule has 1 rings (SSSR count). The molecule has 0 bridgehead atoms. The fraction of sp³-hybridized carbons (Fsp3) is 0.455. The van der Waals surface area contributed by atoms with Gasteiger partial charge < -0.3 is 15.2 Å². The van der Waals surface area contributed by atoms with Crippen molar-refractivity contribution in [2.24, 2.45) is 5.73 Å². The second-order valence-corrected chi connectivity index (χ2v) is 3.79. The number of hydrogen-bond acceptors (Lipinski definition) is 3. The van der Waals surface area contributed by atoms with Crippen LogP contribution in [0.5, 0.6) is 11.5 Å². The molecule has 0 atom stereocenters. The maximum Gasteiger partial charge on any atom is 0.127 e. The third-order valence-electron chi connectivity index (χ3n) is 2.10. The first-order valence-electron chi connectivity index (χ1n) is 4.50. The zero-order valence-corrected chi connectivity index (χ0v) is 9.13. The monoisotopic (exact) mass is 195 g/mol.